The number of carbonyl (C=O) groups excluding carboxylic acids is 1. The van der Waals surface area contributed by atoms with Gasteiger partial charge in [-0.05, 0) is 39.5 Å². The third kappa shape index (κ3) is 3.83. The van der Waals surface area contributed by atoms with Gasteiger partial charge < -0.3 is 14.6 Å². The molecule has 2 aliphatic rings. The van der Waals surface area contributed by atoms with Crippen molar-refractivity contribution in [3.8, 4) is 0 Å². The summed E-state index contributed by atoms with van der Waals surface area (Å²) < 4.78 is 156. The first-order chi connectivity index (χ1) is 15.6. The maximum Gasteiger partial charge on any atom is 0.449 e. The third-order valence-electron chi connectivity index (χ3n) is 7.40. The molecule has 2 rings (SSSR count). The summed E-state index contributed by atoms with van der Waals surface area (Å²) in [4.78, 5) is 12.8. The Hall–Kier alpha value is -1.31. The molecule has 0 spiro atoms. The Morgan fingerprint density at radius 3 is 1.77 bits per heavy atom. The van der Waals surface area contributed by atoms with Gasteiger partial charge in [-0.15, -0.1) is 0 Å². The van der Waals surface area contributed by atoms with Crippen molar-refractivity contribution >= 4 is 5.97 Å². The molecule has 0 aromatic heterocycles. The molecular weight excluding hydrogens is 506 g/mol. The molecule has 3 unspecified atom stereocenters. The van der Waals surface area contributed by atoms with Crippen molar-refractivity contribution in [3.05, 3.63) is 0 Å². The van der Waals surface area contributed by atoms with Crippen LogP contribution in [0.3, 0.4) is 0 Å². The first kappa shape index (κ1) is 29.9. The van der Waals surface area contributed by atoms with Crippen LogP contribution in [0.2, 0.25) is 0 Å². The van der Waals surface area contributed by atoms with Gasteiger partial charge in [-0.25, -0.2) is 0 Å². The van der Waals surface area contributed by atoms with E-state index in [9.17, 15) is 36.2 Å². The summed E-state index contributed by atoms with van der Waals surface area (Å²) in [5.74, 6) is -22.5. The van der Waals surface area contributed by atoms with Crippen molar-refractivity contribution in [2.75, 3.05) is 0 Å². The minimum atomic E-state index is -6.69. The van der Waals surface area contributed by atoms with Gasteiger partial charge >= 0.3 is 36.0 Å². The number of aliphatic hydroxyl groups is 1. The van der Waals surface area contributed by atoms with Crippen LogP contribution in [0.15, 0.2) is 0 Å². The second kappa shape index (κ2) is 8.63. The minimum Gasteiger partial charge on any atom is -0.445 e. The van der Waals surface area contributed by atoms with Crippen LogP contribution >= 0.6 is 0 Å². The number of alkyl halides is 10. The second-order valence-corrected chi connectivity index (χ2v) is 9.77. The van der Waals surface area contributed by atoms with Crippen LogP contribution in [-0.4, -0.2) is 52.3 Å². The Morgan fingerprint density at radius 2 is 1.40 bits per heavy atom. The monoisotopic (exact) mass is 534 g/mol. The summed E-state index contributed by atoms with van der Waals surface area (Å²) in [5, 5.41) is 10.1. The Labute approximate surface area is 195 Å². The number of halogens is 10. The zero-order valence-corrected chi connectivity index (χ0v) is 19.5. The van der Waals surface area contributed by atoms with Gasteiger partial charge in [0.2, 0.25) is 11.2 Å². The van der Waals surface area contributed by atoms with Crippen LogP contribution in [-0.2, 0) is 14.3 Å². The zero-order chi connectivity index (χ0) is 27.5. The fraction of sp³-hybridized carbons (Fsp3) is 0.952. The molecule has 3 atom stereocenters. The highest BCUT2D eigenvalue weighted by Gasteiger charge is 2.97. The molecule has 35 heavy (non-hydrogen) atoms. The van der Waals surface area contributed by atoms with E-state index in [1.165, 1.54) is 6.92 Å². The molecule has 0 amide bonds. The highest BCUT2D eigenvalue weighted by Crippen LogP contribution is 2.70. The largest absolute Gasteiger partial charge is 0.449 e. The van der Waals surface area contributed by atoms with Crippen molar-refractivity contribution in [2.24, 2.45) is 11.3 Å². The lowest BCUT2D eigenvalue weighted by Gasteiger charge is -2.62. The van der Waals surface area contributed by atoms with Crippen LogP contribution in [0.4, 0.5) is 43.9 Å². The Morgan fingerprint density at radius 1 is 0.914 bits per heavy atom. The number of hydrogen-bond acceptors (Lipinski definition) is 4. The molecule has 0 aromatic rings. The van der Waals surface area contributed by atoms with Crippen molar-refractivity contribution in [3.63, 3.8) is 0 Å². The van der Waals surface area contributed by atoms with Gasteiger partial charge in [-0.3, -0.25) is 4.79 Å². The van der Waals surface area contributed by atoms with Gasteiger partial charge in [-0.2, -0.15) is 43.9 Å². The topological polar surface area (TPSA) is 55.8 Å². The summed E-state index contributed by atoms with van der Waals surface area (Å²) >= 11 is 0. The standard InChI is InChI=1S/C21H28F10O4/c1-5-14(3,4)13(32)34-16(12-10-8-7-9-11-12)17(22,23)15(6-2,20(26,27)28)35-19(33,18(16,24)25)21(29,30)31/h12,33H,5-11H2,1-4H3. The van der Waals surface area contributed by atoms with E-state index >= 15 is 17.6 Å². The fourth-order valence-corrected chi connectivity index (χ4v) is 4.76. The van der Waals surface area contributed by atoms with Crippen LogP contribution in [0.5, 0.6) is 0 Å². The molecule has 1 heterocycles. The van der Waals surface area contributed by atoms with Crippen molar-refractivity contribution < 1.29 is 63.3 Å². The number of hydrogen-bond donors (Lipinski definition) is 1. The van der Waals surface area contributed by atoms with Gasteiger partial charge in [0.15, 0.2) is 0 Å². The SMILES string of the molecule is CCC(C)(C)C(=O)OC1(C2CCCCC2)C(F)(F)C(O)(C(F)(F)F)OC(CC)(C(F)(F)F)C1(F)F. The molecule has 1 saturated heterocycles. The molecule has 1 aliphatic heterocycles. The van der Waals surface area contributed by atoms with Crippen LogP contribution in [0, 0.1) is 11.3 Å². The minimum absolute atomic E-state index is 0.107. The molecule has 2 fully saturated rings. The average Bonchev–Trinajstić information content (AvgIpc) is 2.72. The molecule has 1 aliphatic carbocycles. The lowest BCUT2D eigenvalue weighted by atomic mass is 9.61. The summed E-state index contributed by atoms with van der Waals surface area (Å²) in [6, 6.07) is 0. The second-order valence-electron chi connectivity index (χ2n) is 9.77. The Kier molecular flexibility index (Phi) is 7.37. The van der Waals surface area contributed by atoms with E-state index < -0.39 is 77.8 Å². The molecule has 14 heteroatoms. The summed E-state index contributed by atoms with van der Waals surface area (Å²) in [5.41, 5.74) is -12.1. The summed E-state index contributed by atoms with van der Waals surface area (Å²) in [6.45, 7) is 3.76. The van der Waals surface area contributed by atoms with E-state index in [-0.39, 0.29) is 25.7 Å². The van der Waals surface area contributed by atoms with E-state index in [1.807, 2.05) is 0 Å². The van der Waals surface area contributed by atoms with E-state index in [2.05, 4.69) is 9.47 Å². The van der Waals surface area contributed by atoms with E-state index in [4.69, 9.17) is 0 Å². The van der Waals surface area contributed by atoms with Gasteiger partial charge in [0.05, 0.1) is 5.41 Å². The normalized spacial score (nSPS) is 34.5. The number of carbonyl (C=O) groups is 1. The summed E-state index contributed by atoms with van der Waals surface area (Å²) in [6.07, 6.45) is -16.7. The predicted octanol–water partition coefficient (Wildman–Crippen LogP) is 6.55. The maximum absolute atomic E-state index is 16.1. The van der Waals surface area contributed by atoms with Crippen molar-refractivity contribution in [1.82, 2.24) is 0 Å². The highest BCUT2D eigenvalue weighted by atomic mass is 19.4. The quantitative estimate of drug-likeness (QED) is 0.321. The van der Waals surface area contributed by atoms with E-state index in [1.54, 1.807) is 0 Å². The van der Waals surface area contributed by atoms with Crippen molar-refractivity contribution in [2.45, 2.75) is 114 Å². The first-order valence-electron chi connectivity index (χ1n) is 11.1. The lowest BCUT2D eigenvalue weighted by molar-refractivity contribution is -0.563. The predicted molar refractivity (Wildman–Crippen MR) is 101 cm³/mol. The Bertz CT molecular complexity index is 803. The van der Waals surface area contributed by atoms with Crippen LogP contribution in [0.25, 0.3) is 0 Å². The highest BCUT2D eigenvalue weighted by molar-refractivity contribution is 5.76. The summed E-state index contributed by atoms with van der Waals surface area (Å²) in [7, 11) is 0. The molecule has 1 saturated carbocycles. The molecule has 206 valence electrons. The maximum atomic E-state index is 16.1. The van der Waals surface area contributed by atoms with Crippen LogP contribution < -0.4 is 0 Å². The number of ether oxygens (including phenoxy) is 2. The van der Waals surface area contributed by atoms with E-state index in [0.29, 0.717) is 6.92 Å². The van der Waals surface area contributed by atoms with E-state index in [0.717, 1.165) is 13.8 Å². The molecule has 0 bridgehead atoms. The lowest BCUT2D eigenvalue weighted by Crippen LogP contribution is -2.89. The molecule has 0 radical (unpaired) electrons. The van der Waals surface area contributed by atoms with Gasteiger partial charge in [0.25, 0.3) is 0 Å². The smallest absolute Gasteiger partial charge is 0.445 e. The number of esters is 1. The van der Waals surface area contributed by atoms with Gasteiger partial charge in [0.1, 0.15) is 0 Å². The molecule has 0 aromatic carbocycles. The molecule has 1 N–H and O–H groups in total. The molecule has 4 nitrogen and oxygen atoms in total. The molecular formula is C21H28F10O4. The average molecular weight is 534 g/mol. The van der Waals surface area contributed by atoms with Gasteiger partial charge in [0, 0.05) is 5.92 Å². The fourth-order valence-electron chi connectivity index (χ4n) is 4.76. The van der Waals surface area contributed by atoms with Crippen LogP contribution in [0.1, 0.15) is 72.6 Å². The van der Waals surface area contributed by atoms with Crippen molar-refractivity contribution in [1.29, 1.82) is 0 Å². The van der Waals surface area contributed by atoms with Gasteiger partial charge in [-0.1, -0.05) is 33.1 Å². The number of rotatable bonds is 5. The Balaban J connectivity index is 3.08. The zero-order valence-electron chi connectivity index (χ0n) is 19.5. The third-order valence-corrected chi connectivity index (χ3v) is 7.40. The first-order valence-corrected chi connectivity index (χ1v) is 11.1.